The smallest absolute Gasteiger partial charge is 0.252 e. The summed E-state index contributed by atoms with van der Waals surface area (Å²) in [6.07, 6.45) is -11.6. The fourth-order valence-electron chi connectivity index (χ4n) is 7.80. The first-order valence-corrected chi connectivity index (χ1v) is 21.5. The van der Waals surface area contributed by atoms with E-state index in [1.165, 1.54) is 34.6 Å². The molecule has 0 saturated carbocycles. The molecule has 0 bridgehead atoms. The predicted octanol–water partition coefficient (Wildman–Crippen LogP) is -4.39. The Hall–Kier alpha value is -5.18. The van der Waals surface area contributed by atoms with E-state index >= 15 is 0 Å². The third kappa shape index (κ3) is 14.4. The van der Waals surface area contributed by atoms with Gasteiger partial charge in [-0.2, -0.15) is 0 Å². The molecule has 0 aromatic heterocycles. The Balaban J connectivity index is 2.78. The van der Waals surface area contributed by atoms with Crippen molar-refractivity contribution in [3.05, 3.63) is 55.6 Å². The van der Waals surface area contributed by atoms with Crippen LogP contribution in [0.5, 0.6) is 0 Å². The molecule has 23 nitrogen and oxygen atoms in total. The minimum Gasteiger partial charge on any atom is -0.394 e. The molecule has 0 fully saturated rings. The van der Waals surface area contributed by atoms with Crippen LogP contribution in [0.4, 0.5) is 11.4 Å². The second kappa shape index (κ2) is 26.4. The zero-order chi connectivity index (χ0) is 51.2. The molecule has 6 amide bonds. The molecule has 376 valence electrons. The van der Waals surface area contributed by atoms with Crippen LogP contribution in [0.1, 0.15) is 95.6 Å². The van der Waals surface area contributed by atoms with Crippen molar-refractivity contribution in [3.63, 3.8) is 0 Å². The fourth-order valence-corrected chi connectivity index (χ4v) is 7.80. The van der Waals surface area contributed by atoms with E-state index < -0.39 is 144 Å². The van der Waals surface area contributed by atoms with Crippen molar-refractivity contribution >= 4 is 46.8 Å². The molecule has 0 aliphatic heterocycles. The summed E-state index contributed by atoms with van der Waals surface area (Å²) < 4.78 is 0. The molecule has 7 atom stereocenters. The maximum absolute atomic E-state index is 13.8. The molecule has 7 unspecified atom stereocenters. The SMILES string of the molecule is CCc1c(C(=O)NCC(O)CO)c(C)c(C(=O)NCC(O)CO)c(C)c1N(CC(O)C(O)C(O)CN(C(C)=O)c1c(C)c(C(=O)NCC(O)CO)c(C)c(C(=O)NCC(O)CO)c1C)C(C)=O. The van der Waals surface area contributed by atoms with E-state index in [0.717, 1.165) is 23.6 Å². The molecule has 0 aliphatic carbocycles. The number of benzene rings is 2. The Morgan fingerprint density at radius 2 is 0.716 bits per heavy atom. The fraction of sp³-hybridized carbons (Fsp3) is 0.591. The molecule has 67 heavy (non-hydrogen) atoms. The van der Waals surface area contributed by atoms with Gasteiger partial charge < -0.3 is 87.2 Å². The molecule has 0 aliphatic rings. The molecule has 0 spiro atoms. The maximum Gasteiger partial charge on any atom is 0.252 e. The monoisotopic (exact) mass is 952 g/mol. The van der Waals surface area contributed by atoms with Gasteiger partial charge >= 0.3 is 0 Å². The molecule has 2 aromatic rings. The molecule has 2 rings (SSSR count). The summed E-state index contributed by atoms with van der Waals surface area (Å²) in [7, 11) is 0. The second-order valence-electron chi connectivity index (χ2n) is 16.2. The van der Waals surface area contributed by atoms with Gasteiger partial charge in [-0.05, 0) is 74.4 Å². The first kappa shape index (κ1) is 57.9. The molecule has 0 saturated heterocycles. The van der Waals surface area contributed by atoms with E-state index in [9.17, 15) is 84.9 Å². The van der Waals surface area contributed by atoms with Gasteiger partial charge in [-0.3, -0.25) is 28.8 Å². The molecule has 0 radical (unpaired) electrons. The standard InChI is InChI=1S/C44H68N6O17/c1-9-31-37(44(67)48-13-30(60)19-54)21(3)36(43(66)47-12-29(59)18-53)24(6)39(31)50(26(8)56)15-33(62)40(63)32(61)14-49(25(7)55)38-22(4)34(41(64)45-10-27(57)16-51)20(2)35(23(38)5)42(65)46-11-28(58)17-52/h27-30,32-33,40,51-54,57-63H,9-19H2,1-8H3,(H,45,64)(H,46,65)(H,47,66)(H,48,67). The third-order valence-electron chi connectivity index (χ3n) is 11.2. The van der Waals surface area contributed by atoms with Crippen LogP contribution >= 0.6 is 0 Å². The molecular formula is C44H68N6O17. The summed E-state index contributed by atoms with van der Waals surface area (Å²) in [4.78, 5) is 83.7. The quantitative estimate of drug-likeness (QED) is 0.0447. The van der Waals surface area contributed by atoms with Crippen molar-refractivity contribution in [3.8, 4) is 0 Å². The van der Waals surface area contributed by atoms with Crippen LogP contribution in [-0.4, -0.2) is 200 Å². The van der Waals surface area contributed by atoms with E-state index in [0.29, 0.717) is 0 Å². The van der Waals surface area contributed by atoms with E-state index in [1.807, 2.05) is 0 Å². The van der Waals surface area contributed by atoms with E-state index in [-0.39, 0.29) is 73.4 Å². The number of aliphatic hydroxyl groups excluding tert-OH is 11. The number of hydrogen-bond donors (Lipinski definition) is 15. The van der Waals surface area contributed by atoms with Crippen molar-refractivity contribution in [2.45, 2.75) is 105 Å². The highest BCUT2D eigenvalue weighted by molar-refractivity contribution is 6.09. The van der Waals surface area contributed by atoms with Crippen LogP contribution in [-0.2, 0) is 16.0 Å². The van der Waals surface area contributed by atoms with E-state index in [4.69, 9.17) is 0 Å². The van der Waals surface area contributed by atoms with Crippen molar-refractivity contribution in [1.29, 1.82) is 0 Å². The number of hydrogen-bond acceptors (Lipinski definition) is 17. The first-order chi connectivity index (χ1) is 31.4. The van der Waals surface area contributed by atoms with Gasteiger partial charge in [0.05, 0.1) is 75.3 Å². The maximum atomic E-state index is 13.8. The second-order valence-corrected chi connectivity index (χ2v) is 16.2. The lowest BCUT2D eigenvalue weighted by Crippen LogP contribution is -2.51. The Labute approximate surface area is 388 Å². The normalized spacial score (nSPS) is 14.5. The van der Waals surface area contributed by atoms with Gasteiger partial charge in [0.25, 0.3) is 23.6 Å². The lowest BCUT2D eigenvalue weighted by Gasteiger charge is -2.35. The highest BCUT2D eigenvalue weighted by atomic mass is 16.4. The van der Waals surface area contributed by atoms with Crippen molar-refractivity contribution in [2.75, 3.05) is 75.5 Å². The van der Waals surface area contributed by atoms with Crippen LogP contribution in [0, 0.1) is 34.6 Å². The first-order valence-electron chi connectivity index (χ1n) is 21.5. The average molecular weight is 953 g/mol. The van der Waals surface area contributed by atoms with Crippen LogP contribution in [0.25, 0.3) is 0 Å². The summed E-state index contributed by atoms with van der Waals surface area (Å²) in [6, 6.07) is 0. The number of carbonyl (C=O) groups excluding carboxylic acids is 6. The Kier molecular flexibility index (Phi) is 22.8. The number of amides is 6. The lowest BCUT2D eigenvalue weighted by molar-refractivity contribution is -0.117. The minimum absolute atomic E-state index is 0.0331. The summed E-state index contributed by atoms with van der Waals surface area (Å²) in [5.74, 6) is -4.85. The summed E-state index contributed by atoms with van der Waals surface area (Å²) in [6.45, 7) is 5.05. The predicted molar refractivity (Wildman–Crippen MR) is 242 cm³/mol. The largest absolute Gasteiger partial charge is 0.394 e. The highest BCUT2D eigenvalue weighted by Gasteiger charge is 2.36. The molecule has 2 aromatic carbocycles. The summed E-state index contributed by atoms with van der Waals surface area (Å²) in [5, 5.41) is 121. The van der Waals surface area contributed by atoms with Gasteiger partial charge in [0.2, 0.25) is 11.8 Å². The minimum atomic E-state index is -2.15. The number of carbonyl (C=O) groups is 6. The molecule has 15 N–H and O–H groups in total. The molecule has 23 heteroatoms. The van der Waals surface area contributed by atoms with Gasteiger partial charge in [-0.15, -0.1) is 0 Å². The van der Waals surface area contributed by atoms with E-state index in [2.05, 4.69) is 21.3 Å². The van der Waals surface area contributed by atoms with Gasteiger partial charge in [0, 0.05) is 62.3 Å². The van der Waals surface area contributed by atoms with Gasteiger partial charge in [0.1, 0.15) is 18.3 Å². The zero-order valence-electron chi connectivity index (χ0n) is 39.1. The molecular weight excluding hydrogens is 885 g/mol. The van der Waals surface area contributed by atoms with Crippen molar-refractivity contribution < 1.29 is 84.9 Å². The van der Waals surface area contributed by atoms with Gasteiger partial charge in [-0.25, -0.2) is 0 Å². The van der Waals surface area contributed by atoms with E-state index in [1.54, 1.807) is 6.92 Å². The van der Waals surface area contributed by atoms with Crippen molar-refractivity contribution in [2.24, 2.45) is 0 Å². The Morgan fingerprint density at radius 3 is 1.00 bits per heavy atom. The summed E-state index contributed by atoms with van der Waals surface area (Å²) >= 11 is 0. The number of nitrogens with zero attached hydrogens (tertiary/aromatic N) is 2. The van der Waals surface area contributed by atoms with Gasteiger partial charge in [-0.1, -0.05) is 6.92 Å². The third-order valence-corrected chi connectivity index (χ3v) is 11.2. The Bertz CT molecular complexity index is 2050. The average Bonchev–Trinajstić information content (AvgIpc) is 3.28. The number of anilines is 2. The lowest BCUT2D eigenvalue weighted by atomic mass is 9.87. The van der Waals surface area contributed by atoms with Crippen LogP contribution in [0.15, 0.2) is 0 Å². The van der Waals surface area contributed by atoms with Crippen molar-refractivity contribution in [1.82, 2.24) is 21.3 Å². The van der Waals surface area contributed by atoms with Crippen LogP contribution < -0.4 is 31.1 Å². The highest BCUT2D eigenvalue weighted by Crippen LogP contribution is 2.37. The van der Waals surface area contributed by atoms with Gasteiger partial charge in [0.15, 0.2) is 0 Å². The number of rotatable bonds is 25. The molecule has 0 heterocycles. The number of aliphatic hydroxyl groups is 11. The number of nitrogens with one attached hydrogen (secondary N) is 4. The zero-order valence-corrected chi connectivity index (χ0v) is 39.1. The topological polar surface area (TPSA) is 380 Å². The Morgan fingerprint density at radius 1 is 0.448 bits per heavy atom. The summed E-state index contributed by atoms with van der Waals surface area (Å²) in [5.41, 5.74) is 0.0187. The van der Waals surface area contributed by atoms with Crippen LogP contribution in [0.3, 0.4) is 0 Å². The van der Waals surface area contributed by atoms with Crippen LogP contribution in [0.2, 0.25) is 0 Å².